The number of carboxylic acid groups (broad SMARTS) is 1. The minimum absolute atomic E-state index is 0.377. The highest BCUT2D eigenvalue weighted by Gasteiger charge is 2.16. The molecular weight excluding hydrogens is 288 g/mol. The molecule has 3 nitrogen and oxygen atoms in total. The summed E-state index contributed by atoms with van der Waals surface area (Å²) >= 11 is 0. The lowest BCUT2D eigenvalue weighted by Crippen LogP contribution is -2.08. The molecule has 0 bridgehead atoms. The number of aryl methyl sites for hydroxylation is 1. The molecule has 0 aliphatic rings. The van der Waals surface area contributed by atoms with Crippen molar-refractivity contribution in [3.05, 3.63) is 71.8 Å². The molecule has 0 saturated carbocycles. The van der Waals surface area contributed by atoms with Crippen molar-refractivity contribution in [1.29, 1.82) is 0 Å². The molecule has 1 N–H and O–H groups in total. The van der Waals surface area contributed by atoms with Crippen molar-refractivity contribution in [1.82, 2.24) is 0 Å². The largest absolute Gasteiger partial charge is 0.481 e. The van der Waals surface area contributed by atoms with Crippen LogP contribution in [0.25, 0.3) is 21.9 Å². The van der Waals surface area contributed by atoms with Gasteiger partial charge in [0, 0.05) is 5.56 Å². The Kier molecular flexibility index (Phi) is 3.94. The molecular formula is C20H16O3. The summed E-state index contributed by atoms with van der Waals surface area (Å²) < 4.78 is 0. The fourth-order valence-electron chi connectivity index (χ4n) is 2.88. The first kappa shape index (κ1) is 15.0. The quantitative estimate of drug-likeness (QED) is 0.571. The summed E-state index contributed by atoms with van der Waals surface area (Å²) in [5.74, 6) is -1.49. The van der Waals surface area contributed by atoms with Gasteiger partial charge in [0.2, 0.25) is 0 Å². The molecule has 3 heteroatoms. The first-order valence-electron chi connectivity index (χ1n) is 7.40. The lowest BCUT2D eigenvalue weighted by molar-refractivity contribution is -0.135. The Morgan fingerprint density at radius 3 is 2.22 bits per heavy atom. The SMILES string of the molecule is Cc1ccc(-c2ccccc2C(=O)CC(=O)O)c2ccccc12. The van der Waals surface area contributed by atoms with Gasteiger partial charge in [-0.3, -0.25) is 9.59 Å². The number of rotatable bonds is 4. The lowest BCUT2D eigenvalue weighted by Gasteiger charge is -2.12. The van der Waals surface area contributed by atoms with Crippen LogP contribution in [0, 0.1) is 6.92 Å². The monoisotopic (exact) mass is 304 g/mol. The maximum Gasteiger partial charge on any atom is 0.311 e. The number of carboxylic acids is 1. The van der Waals surface area contributed by atoms with Gasteiger partial charge < -0.3 is 5.11 Å². The van der Waals surface area contributed by atoms with Gasteiger partial charge in [0.05, 0.1) is 0 Å². The van der Waals surface area contributed by atoms with Gasteiger partial charge in [-0.15, -0.1) is 0 Å². The zero-order chi connectivity index (χ0) is 16.4. The molecule has 114 valence electrons. The van der Waals surface area contributed by atoms with E-state index in [9.17, 15) is 9.59 Å². The topological polar surface area (TPSA) is 54.4 Å². The van der Waals surface area contributed by atoms with Crippen molar-refractivity contribution in [3.8, 4) is 11.1 Å². The van der Waals surface area contributed by atoms with Crippen LogP contribution in [-0.4, -0.2) is 16.9 Å². The van der Waals surface area contributed by atoms with Crippen LogP contribution >= 0.6 is 0 Å². The van der Waals surface area contributed by atoms with Crippen LogP contribution < -0.4 is 0 Å². The summed E-state index contributed by atoms with van der Waals surface area (Å²) in [6, 6.07) is 19.2. The molecule has 0 saturated heterocycles. The van der Waals surface area contributed by atoms with Gasteiger partial charge in [-0.2, -0.15) is 0 Å². The van der Waals surface area contributed by atoms with Gasteiger partial charge in [-0.05, 0) is 34.4 Å². The molecule has 3 aromatic carbocycles. The highest BCUT2D eigenvalue weighted by atomic mass is 16.4. The lowest BCUT2D eigenvalue weighted by atomic mass is 9.91. The third-order valence-corrected chi connectivity index (χ3v) is 3.97. The van der Waals surface area contributed by atoms with E-state index in [2.05, 4.69) is 6.07 Å². The van der Waals surface area contributed by atoms with Crippen molar-refractivity contribution in [2.75, 3.05) is 0 Å². The van der Waals surface area contributed by atoms with E-state index >= 15 is 0 Å². The first-order valence-corrected chi connectivity index (χ1v) is 7.40. The Labute approximate surface area is 134 Å². The van der Waals surface area contributed by atoms with E-state index in [0.717, 1.165) is 21.9 Å². The number of hydrogen-bond acceptors (Lipinski definition) is 2. The van der Waals surface area contributed by atoms with E-state index in [1.54, 1.807) is 12.1 Å². The zero-order valence-electron chi connectivity index (χ0n) is 12.7. The molecule has 0 atom stereocenters. The molecule has 0 aliphatic carbocycles. The van der Waals surface area contributed by atoms with Crippen LogP contribution in [0.2, 0.25) is 0 Å². The normalized spacial score (nSPS) is 10.7. The van der Waals surface area contributed by atoms with E-state index in [0.29, 0.717) is 5.56 Å². The number of hydrogen-bond donors (Lipinski definition) is 1. The number of ketones is 1. The van der Waals surface area contributed by atoms with Crippen LogP contribution in [0.4, 0.5) is 0 Å². The summed E-state index contributed by atoms with van der Waals surface area (Å²) in [4.78, 5) is 23.1. The number of carbonyl (C=O) groups excluding carboxylic acids is 1. The highest BCUT2D eigenvalue weighted by Crippen LogP contribution is 2.33. The molecule has 23 heavy (non-hydrogen) atoms. The van der Waals surface area contributed by atoms with Crippen molar-refractivity contribution in [2.24, 2.45) is 0 Å². The fourth-order valence-corrected chi connectivity index (χ4v) is 2.88. The predicted molar refractivity (Wildman–Crippen MR) is 90.7 cm³/mol. The number of carbonyl (C=O) groups is 2. The molecule has 0 amide bonds. The van der Waals surface area contributed by atoms with Gasteiger partial charge in [-0.1, -0.05) is 60.7 Å². The van der Waals surface area contributed by atoms with Gasteiger partial charge in [0.25, 0.3) is 0 Å². The van der Waals surface area contributed by atoms with Crippen LogP contribution in [0.15, 0.2) is 60.7 Å². The second-order valence-electron chi connectivity index (χ2n) is 5.51. The van der Waals surface area contributed by atoms with Crippen LogP contribution in [-0.2, 0) is 4.79 Å². The average molecular weight is 304 g/mol. The Bertz CT molecular complexity index is 910. The molecule has 0 unspecified atom stereocenters. The van der Waals surface area contributed by atoms with Crippen molar-refractivity contribution >= 4 is 22.5 Å². The summed E-state index contributed by atoms with van der Waals surface area (Å²) in [6.45, 7) is 2.05. The molecule has 0 aliphatic heterocycles. The molecule has 0 spiro atoms. The molecule has 3 aromatic rings. The number of aliphatic carboxylic acids is 1. The molecule has 3 rings (SSSR count). The van der Waals surface area contributed by atoms with Crippen molar-refractivity contribution in [2.45, 2.75) is 13.3 Å². The predicted octanol–water partition coefficient (Wildman–Crippen LogP) is 4.47. The van der Waals surface area contributed by atoms with Crippen molar-refractivity contribution < 1.29 is 14.7 Å². The van der Waals surface area contributed by atoms with Crippen LogP contribution in [0.3, 0.4) is 0 Å². The number of benzene rings is 3. The summed E-state index contributed by atoms with van der Waals surface area (Å²) in [5, 5.41) is 11.1. The van der Waals surface area contributed by atoms with Gasteiger partial charge in [-0.25, -0.2) is 0 Å². The Balaban J connectivity index is 2.23. The first-order chi connectivity index (χ1) is 11.1. The molecule has 0 aromatic heterocycles. The maximum atomic E-state index is 12.3. The average Bonchev–Trinajstić information content (AvgIpc) is 2.55. The molecule has 0 heterocycles. The minimum atomic E-state index is -1.11. The van der Waals surface area contributed by atoms with E-state index in [1.807, 2.05) is 49.4 Å². The third-order valence-electron chi connectivity index (χ3n) is 3.97. The Morgan fingerprint density at radius 2 is 1.48 bits per heavy atom. The van der Waals surface area contributed by atoms with E-state index in [4.69, 9.17) is 5.11 Å². The van der Waals surface area contributed by atoms with E-state index < -0.39 is 12.4 Å². The summed E-state index contributed by atoms with van der Waals surface area (Å²) in [6.07, 6.45) is -0.499. The maximum absolute atomic E-state index is 12.3. The standard InChI is InChI=1S/C20H16O3/c1-13-10-11-17(15-7-3-2-6-14(13)15)16-8-4-5-9-18(16)19(21)12-20(22)23/h2-11H,12H2,1H3,(H,22,23). The fraction of sp³-hybridized carbons (Fsp3) is 0.100. The summed E-state index contributed by atoms with van der Waals surface area (Å²) in [5.41, 5.74) is 3.33. The van der Waals surface area contributed by atoms with Crippen LogP contribution in [0.1, 0.15) is 22.3 Å². The Hall–Kier alpha value is -2.94. The minimum Gasteiger partial charge on any atom is -0.481 e. The summed E-state index contributed by atoms with van der Waals surface area (Å²) in [7, 11) is 0. The smallest absolute Gasteiger partial charge is 0.311 e. The van der Waals surface area contributed by atoms with Gasteiger partial charge in [0.15, 0.2) is 5.78 Å². The Morgan fingerprint density at radius 1 is 0.826 bits per heavy atom. The number of Topliss-reactive ketones (excluding diaryl/α,β-unsaturated/α-hetero) is 1. The molecule has 0 fully saturated rings. The molecule has 0 radical (unpaired) electrons. The van der Waals surface area contributed by atoms with E-state index in [1.165, 1.54) is 5.56 Å². The second kappa shape index (κ2) is 6.05. The zero-order valence-corrected chi connectivity index (χ0v) is 12.7. The van der Waals surface area contributed by atoms with E-state index in [-0.39, 0.29) is 5.78 Å². The van der Waals surface area contributed by atoms with Crippen LogP contribution in [0.5, 0.6) is 0 Å². The highest BCUT2D eigenvalue weighted by molar-refractivity contribution is 6.11. The van der Waals surface area contributed by atoms with Gasteiger partial charge in [0.1, 0.15) is 6.42 Å². The second-order valence-corrected chi connectivity index (χ2v) is 5.51. The third kappa shape index (κ3) is 2.86. The van der Waals surface area contributed by atoms with Gasteiger partial charge >= 0.3 is 5.97 Å². The van der Waals surface area contributed by atoms with Crippen molar-refractivity contribution in [3.63, 3.8) is 0 Å². The number of fused-ring (bicyclic) bond motifs is 1.